The minimum Gasteiger partial charge on any atom is -0.340 e. The van der Waals surface area contributed by atoms with Gasteiger partial charge in [-0.2, -0.15) is 0 Å². The molecule has 0 aliphatic rings. The molecule has 21 heavy (non-hydrogen) atoms. The Labute approximate surface area is 128 Å². The molecule has 2 aromatic carbocycles. The lowest BCUT2D eigenvalue weighted by Crippen LogP contribution is -2.23. The Balaban J connectivity index is 2.28. The number of carbonyl (C=O) groups excluding carboxylic acids is 1. The first kappa shape index (κ1) is 13.8. The van der Waals surface area contributed by atoms with E-state index in [2.05, 4.69) is 6.07 Å². The zero-order valence-corrected chi connectivity index (χ0v) is 12.7. The summed E-state index contributed by atoms with van der Waals surface area (Å²) in [6.07, 6.45) is 0. The predicted octanol–water partition coefficient (Wildman–Crippen LogP) is 4.02. The van der Waals surface area contributed by atoms with Crippen molar-refractivity contribution in [1.82, 2.24) is 9.88 Å². The van der Waals surface area contributed by atoms with Crippen LogP contribution in [0.5, 0.6) is 0 Å². The average Bonchev–Trinajstić information content (AvgIpc) is 2.47. The second-order valence-corrected chi connectivity index (χ2v) is 5.58. The Hall–Kier alpha value is -2.13. The van der Waals surface area contributed by atoms with Crippen molar-refractivity contribution in [3.8, 4) is 0 Å². The predicted molar refractivity (Wildman–Crippen MR) is 86.4 cm³/mol. The van der Waals surface area contributed by atoms with Gasteiger partial charge in [-0.25, -0.2) is 0 Å². The second-order valence-electron chi connectivity index (χ2n) is 5.14. The van der Waals surface area contributed by atoms with Gasteiger partial charge < -0.3 is 4.90 Å². The van der Waals surface area contributed by atoms with Crippen LogP contribution in [0.3, 0.4) is 0 Å². The number of fused-ring (bicyclic) bond motifs is 3. The van der Waals surface area contributed by atoms with Gasteiger partial charge in [0.05, 0.1) is 17.8 Å². The van der Waals surface area contributed by atoms with Crippen LogP contribution in [0.25, 0.3) is 21.7 Å². The fourth-order valence-electron chi connectivity index (χ4n) is 2.46. The number of rotatable bonds is 2. The van der Waals surface area contributed by atoms with Gasteiger partial charge in [-0.15, -0.1) is 0 Å². The highest BCUT2D eigenvalue weighted by molar-refractivity contribution is 6.31. The number of pyridine rings is 1. The third kappa shape index (κ3) is 2.57. The molecule has 0 spiro atoms. The summed E-state index contributed by atoms with van der Waals surface area (Å²) in [6, 6.07) is 13.8. The minimum absolute atomic E-state index is 0.0204. The van der Waals surface area contributed by atoms with Crippen molar-refractivity contribution in [2.24, 2.45) is 0 Å². The highest BCUT2D eigenvalue weighted by Crippen LogP contribution is 2.28. The van der Waals surface area contributed by atoms with Crippen LogP contribution in [0, 0.1) is 0 Å². The number of amides is 1. The highest BCUT2D eigenvalue weighted by Gasteiger charge is 2.11. The average molecular weight is 299 g/mol. The van der Waals surface area contributed by atoms with Gasteiger partial charge in [0.25, 0.3) is 0 Å². The fraction of sp³-hybridized carbons (Fsp3) is 0.176. The van der Waals surface area contributed by atoms with Crippen LogP contribution in [-0.2, 0) is 11.3 Å². The number of carbonyl (C=O) groups is 1. The summed E-state index contributed by atoms with van der Waals surface area (Å²) in [7, 11) is 1.78. The molecule has 1 heterocycles. The van der Waals surface area contributed by atoms with Gasteiger partial charge in [-0.3, -0.25) is 9.78 Å². The molecule has 0 atom stereocenters. The molecule has 3 rings (SSSR count). The van der Waals surface area contributed by atoms with Crippen molar-refractivity contribution >= 4 is 39.2 Å². The Morgan fingerprint density at radius 1 is 1.14 bits per heavy atom. The smallest absolute Gasteiger partial charge is 0.219 e. The van der Waals surface area contributed by atoms with Gasteiger partial charge in [0, 0.05) is 29.8 Å². The van der Waals surface area contributed by atoms with Crippen molar-refractivity contribution in [3.63, 3.8) is 0 Å². The van der Waals surface area contributed by atoms with E-state index in [9.17, 15) is 4.79 Å². The molecule has 3 nitrogen and oxygen atoms in total. The summed E-state index contributed by atoms with van der Waals surface area (Å²) in [6.45, 7) is 2.04. The summed E-state index contributed by atoms with van der Waals surface area (Å²) >= 11 is 6.07. The van der Waals surface area contributed by atoms with Gasteiger partial charge in [0.15, 0.2) is 0 Å². The maximum Gasteiger partial charge on any atom is 0.219 e. The van der Waals surface area contributed by atoms with Crippen LogP contribution in [0.4, 0.5) is 0 Å². The number of halogens is 1. The molecule has 0 fully saturated rings. The van der Waals surface area contributed by atoms with Gasteiger partial charge in [-0.1, -0.05) is 41.9 Å². The van der Waals surface area contributed by atoms with Crippen LogP contribution >= 0.6 is 11.6 Å². The lowest BCUT2D eigenvalue weighted by molar-refractivity contribution is -0.128. The van der Waals surface area contributed by atoms with Crippen molar-refractivity contribution in [1.29, 1.82) is 0 Å². The Morgan fingerprint density at radius 3 is 2.57 bits per heavy atom. The van der Waals surface area contributed by atoms with Crippen molar-refractivity contribution in [2.45, 2.75) is 13.5 Å². The number of hydrogen-bond donors (Lipinski definition) is 0. The van der Waals surface area contributed by atoms with E-state index >= 15 is 0 Å². The van der Waals surface area contributed by atoms with Gasteiger partial charge >= 0.3 is 0 Å². The number of nitrogens with zero attached hydrogens (tertiary/aromatic N) is 2. The van der Waals surface area contributed by atoms with Crippen LogP contribution in [0.1, 0.15) is 12.6 Å². The molecule has 0 unspecified atom stereocenters. The summed E-state index contributed by atoms with van der Waals surface area (Å²) in [5.41, 5.74) is 1.74. The van der Waals surface area contributed by atoms with Crippen LogP contribution in [0.2, 0.25) is 5.02 Å². The van der Waals surface area contributed by atoms with E-state index in [1.807, 2.05) is 36.4 Å². The van der Waals surface area contributed by atoms with Crippen LogP contribution in [-0.4, -0.2) is 22.8 Å². The molecule has 1 amide bonds. The quantitative estimate of drug-likeness (QED) is 0.670. The molecule has 1 aromatic heterocycles. The maximum absolute atomic E-state index is 11.5. The fourth-order valence-corrected chi connectivity index (χ4v) is 2.62. The molecular formula is C17H15ClN2O. The first-order valence-corrected chi connectivity index (χ1v) is 7.12. The molecule has 0 N–H and O–H groups in total. The van der Waals surface area contributed by atoms with Crippen molar-refractivity contribution < 1.29 is 4.79 Å². The minimum atomic E-state index is 0.0204. The number of benzene rings is 2. The summed E-state index contributed by atoms with van der Waals surface area (Å²) in [5, 5.41) is 3.94. The molecule has 0 bridgehead atoms. The first-order chi connectivity index (χ1) is 10.1. The maximum atomic E-state index is 11.5. The largest absolute Gasteiger partial charge is 0.340 e. The van der Waals surface area contributed by atoms with E-state index in [0.717, 1.165) is 27.4 Å². The summed E-state index contributed by atoms with van der Waals surface area (Å²) in [5.74, 6) is 0.0204. The van der Waals surface area contributed by atoms with Gasteiger partial charge in [0.2, 0.25) is 5.91 Å². The van der Waals surface area contributed by atoms with E-state index in [0.29, 0.717) is 11.6 Å². The van der Waals surface area contributed by atoms with Crippen LogP contribution < -0.4 is 0 Å². The Kier molecular flexibility index (Phi) is 3.52. The first-order valence-electron chi connectivity index (χ1n) is 6.75. The zero-order chi connectivity index (χ0) is 15.0. The molecule has 0 saturated heterocycles. The Bertz CT molecular complexity index is 845. The van der Waals surface area contributed by atoms with Crippen molar-refractivity contribution in [2.75, 3.05) is 7.05 Å². The molecule has 3 aromatic rings. The molecule has 0 saturated carbocycles. The zero-order valence-electron chi connectivity index (χ0n) is 11.9. The molecule has 4 heteroatoms. The van der Waals surface area contributed by atoms with E-state index in [1.54, 1.807) is 18.9 Å². The molecular weight excluding hydrogens is 284 g/mol. The van der Waals surface area contributed by atoms with E-state index < -0.39 is 0 Å². The van der Waals surface area contributed by atoms with E-state index in [4.69, 9.17) is 16.6 Å². The SMILES string of the molecule is CC(=O)N(C)Cc1nc2cc(Cl)ccc2c2ccccc12. The monoisotopic (exact) mass is 298 g/mol. The lowest BCUT2D eigenvalue weighted by atomic mass is 10.0. The molecule has 0 aliphatic heterocycles. The lowest BCUT2D eigenvalue weighted by Gasteiger charge is -2.16. The van der Waals surface area contributed by atoms with Gasteiger partial charge in [0.1, 0.15) is 0 Å². The molecule has 106 valence electrons. The molecule has 0 radical (unpaired) electrons. The summed E-state index contributed by atoms with van der Waals surface area (Å²) in [4.78, 5) is 17.8. The number of aromatic nitrogens is 1. The summed E-state index contributed by atoms with van der Waals surface area (Å²) < 4.78 is 0. The third-order valence-electron chi connectivity index (χ3n) is 3.67. The van der Waals surface area contributed by atoms with E-state index in [1.165, 1.54) is 0 Å². The normalized spacial score (nSPS) is 11.0. The third-order valence-corrected chi connectivity index (χ3v) is 3.90. The van der Waals surface area contributed by atoms with Gasteiger partial charge in [-0.05, 0) is 17.5 Å². The van der Waals surface area contributed by atoms with Crippen LogP contribution in [0.15, 0.2) is 42.5 Å². The Morgan fingerprint density at radius 2 is 1.86 bits per heavy atom. The number of hydrogen-bond acceptors (Lipinski definition) is 2. The standard InChI is InChI=1S/C17H15ClN2O/c1-11(21)20(2)10-17-14-6-4-3-5-13(14)15-8-7-12(18)9-16(15)19-17/h3-9H,10H2,1-2H3. The molecule has 0 aliphatic carbocycles. The van der Waals surface area contributed by atoms with Crippen molar-refractivity contribution in [3.05, 3.63) is 53.2 Å². The second kappa shape index (κ2) is 5.34. The van der Waals surface area contributed by atoms with E-state index in [-0.39, 0.29) is 5.91 Å². The topological polar surface area (TPSA) is 33.2 Å². The highest BCUT2D eigenvalue weighted by atomic mass is 35.5.